The summed E-state index contributed by atoms with van der Waals surface area (Å²) in [6, 6.07) is 5.27. The minimum Gasteiger partial charge on any atom is -0.497 e. The lowest BCUT2D eigenvalue weighted by Crippen LogP contribution is -2.34. The van der Waals surface area contributed by atoms with Crippen LogP contribution in [0.4, 0.5) is 5.69 Å². The van der Waals surface area contributed by atoms with Crippen LogP contribution in [-0.2, 0) is 10.2 Å². The number of carbonyl (C=O) groups excluding carboxylic acids is 1. The van der Waals surface area contributed by atoms with Crippen molar-refractivity contribution in [3.63, 3.8) is 0 Å². The molecule has 0 bridgehead atoms. The standard InChI is InChI=1S/C13H14N2O4/c1-13(6-7-15(17)18)10-8-9(19-3)4-5-11(10)14(2)12(13)16/h4-8H,1-3H3/b7-6+/t13-/m0/s1. The molecule has 1 aromatic carbocycles. The molecular weight excluding hydrogens is 248 g/mol. The highest BCUT2D eigenvalue weighted by atomic mass is 16.6. The van der Waals surface area contributed by atoms with Gasteiger partial charge in [-0.05, 0) is 30.7 Å². The highest BCUT2D eigenvalue weighted by molar-refractivity contribution is 6.09. The van der Waals surface area contributed by atoms with Crippen molar-refractivity contribution >= 4 is 11.6 Å². The molecule has 1 atom stereocenters. The third-order valence-corrected chi connectivity index (χ3v) is 3.40. The van der Waals surface area contributed by atoms with E-state index in [-0.39, 0.29) is 5.91 Å². The molecule has 6 heteroatoms. The maximum absolute atomic E-state index is 12.3. The molecule has 0 spiro atoms. The van der Waals surface area contributed by atoms with Crippen molar-refractivity contribution in [1.29, 1.82) is 0 Å². The second kappa shape index (κ2) is 4.38. The Bertz CT molecular complexity index is 582. The van der Waals surface area contributed by atoms with E-state index in [4.69, 9.17) is 4.74 Å². The predicted molar refractivity (Wildman–Crippen MR) is 69.9 cm³/mol. The van der Waals surface area contributed by atoms with Gasteiger partial charge in [-0.3, -0.25) is 14.9 Å². The number of anilines is 1. The number of nitro groups is 1. The first-order chi connectivity index (χ1) is 8.90. The van der Waals surface area contributed by atoms with Gasteiger partial charge in [0.1, 0.15) is 5.75 Å². The van der Waals surface area contributed by atoms with Crippen molar-refractivity contribution in [2.24, 2.45) is 0 Å². The number of fused-ring (bicyclic) bond motifs is 1. The summed E-state index contributed by atoms with van der Waals surface area (Å²) in [6.45, 7) is 1.66. The van der Waals surface area contributed by atoms with Gasteiger partial charge in [0.05, 0.1) is 17.4 Å². The molecule has 0 saturated heterocycles. The Morgan fingerprint density at radius 2 is 2.16 bits per heavy atom. The minimum atomic E-state index is -1.04. The van der Waals surface area contributed by atoms with Gasteiger partial charge >= 0.3 is 0 Å². The molecule has 0 N–H and O–H groups in total. The van der Waals surface area contributed by atoms with Gasteiger partial charge < -0.3 is 9.64 Å². The number of amides is 1. The average Bonchev–Trinajstić information content (AvgIpc) is 2.59. The van der Waals surface area contributed by atoms with E-state index in [1.165, 1.54) is 18.1 Å². The lowest BCUT2D eigenvalue weighted by molar-refractivity contribution is -0.402. The van der Waals surface area contributed by atoms with Crippen LogP contribution in [-0.4, -0.2) is 25.0 Å². The summed E-state index contributed by atoms with van der Waals surface area (Å²) in [6.07, 6.45) is 2.12. The lowest BCUT2D eigenvalue weighted by atomic mass is 9.83. The number of nitrogens with zero attached hydrogens (tertiary/aromatic N) is 2. The fourth-order valence-electron chi connectivity index (χ4n) is 2.29. The monoisotopic (exact) mass is 262 g/mol. The van der Waals surface area contributed by atoms with Crippen molar-refractivity contribution in [2.75, 3.05) is 19.1 Å². The Hall–Kier alpha value is -2.37. The highest BCUT2D eigenvalue weighted by Crippen LogP contribution is 2.43. The summed E-state index contributed by atoms with van der Waals surface area (Å²) < 4.78 is 5.14. The zero-order valence-corrected chi connectivity index (χ0v) is 10.9. The lowest BCUT2D eigenvalue weighted by Gasteiger charge is -2.17. The molecule has 0 saturated carbocycles. The molecule has 0 aromatic heterocycles. The molecule has 19 heavy (non-hydrogen) atoms. The van der Waals surface area contributed by atoms with Crippen LogP contribution in [0.1, 0.15) is 12.5 Å². The summed E-state index contributed by atoms with van der Waals surface area (Å²) in [5.41, 5.74) is 0.407. The summed E-state index contributed by atoms with van der Waals surface area (Å²) in [5.74, 6) is 0.413. The van der Waals surface area contributed by atoms with Crippen molar-refractivity contribution < 1.29 is 14.5 Å². The van der Waals surface area contributed by atoms with Gasteiger partial charge in [-0.2, -0.15) is 0 Å². The van der Waals surface area contributed by atoms with Crippen LogP contribution in [0.25, 0.3) is 0 Å². The smallest absolute Gasteiger partial charge is 0.241 e. The number of carbonyl (C=O) groups is 1. The van der Waals surface area contributed by atoms with Gasteiger partial charge in [-0.15, -0.1) is 0 Å². The van der Waals surface area contributed by atoms with Crippen LogP contribution < -0.4 is 9.64 Å². The SMILES string of the molecule is COc1ccc2c(c1)[C@](C)(/C=C/[N+](=O)[O-])C(=O)N2C. The van der Waals surface area contributed by atoms with Crippen LogP contribution >= 0.6 is 0 Å². The number of likely N-dealkylation sites (N-methyl/N-ethyl adjacent to an activating group) is 1. The van der Waals surface area contributed by atoms with Crippen LogP contribution in [0.2, 0.25) is 0 Å². The first-order valence-corrected chi connectivity index (χ1v) is 5.69. The second-order valence-electron chi connectivity index (χ2n) is 4.55. The maximum atomic E-state index is 12.3. The van der Waals surface area contributed by atoms with Crippen molar-refractivity contribution in [3.8, 4) is 5.75 Å². The first kappa shape index (κ1) is 13.1. The van der Waals surface area contributed by atoms with Crippen LogP contribution in [0.5, 0.6) is 5.75 Å². The third kappa shape index (κ3) is 1.95. The Kier molecular flexibility index (Phi) is 3.01. The third-order valence-electron chi connectivity index (χ3n) is 3.40. The molecule has 1 heterocycles. The van der Waals surface area contributed by atoms with Gasteiger partial charge in [0, 0.05) is 18.8 Å². The average molecular weight is 262 g/mol. The van der Waals surface area contributed by atoms with Gasteiger partial charge in [-0.25, -0.2) is 0 Å². The molecule has 0 unspecified atom stereocenters. The minimum absolute atomic E-state index is 0.200. The topological polar surface area (TPSA) is 72.7 Å². The number of hydrogen-bond acceptors (Lipinski definition) is 4. The van der Waals surface area contributed by atoms with E-state index in [2.05, 4.69) is 0 Å². The number of rotatable bonds is 3. The van der Waals surface area contributed by atoms with Crippen molar-refractivity contribution in [3.05, 3.63) is 46.2 Å². The number of benzene rings is 1. The summed E-state index contributed by atoms with van der Waals surface area (Å²) >= 11 is 0. The molecule has 6 nitrogen and oxygen atoms in total. The Balaban J connectivity index is 2.59. The number of hydrogen-bond donors (Lipinski definition) is 0. The van der Waals surface area contributed by atoms with Crippen LogP contribution in [0.3, 0.4) is 0 Å². The molecule has 1 aliphatic heterocycles. The normalized spacial score (nSPS) is 21.8. The molecule has 1 amide bonds. The van der Waals surface area contributed by atoms with Gasteiger partial charge in [0.2, 0.25) is 12.1 Å². The quantitative estimate of drug-likeness (QED) is 0.614. The molecule has 0 aliphatic carbocycles. The first-order valence-electron chi connectivity index (χ1n) is 5.69. The molecule has 0 fully saturated rings. The van der Waals surface area contributed by atoms with E-state index in [1.807, 2.05) is 0 Å². The summed E-state index contributed by atoms with van der Waals surface area (Å²) in [5, 5.41) is 10.5. The summed E-state index contributed by atoms with van der Waals surface area (Å²) in [4.78, 5) is 23.7. The van der Waals surface area contributed by atoms with E-state index < -0.39 is 10.3 Å². The highest BCUT2D eigenvalue weighted by Gasteiger charge is 2.45. The van der Waals surface area contributed by atoms with Crippen LogP contribution in [0, 0.1) is 10.1 Å². The molecule has 2 rings (SSSR count). The largest absolute Gasteiger partial charge is 0.497 e. The van der Waals surface area contributed by atoms with Gasteiger partial charge in [0.15, 0.2) is 0 Å². The zero-order valence-electron chi connectivity index (χ0n) is 10.9. The zero-order chi connectivity index (χ0) is 14.2. The molecule has 100 valence electrons. The summed E-state index contributed by atoms with van der Waals surface area (Å²) in [7, 11) is 3.19. The van der Waals surface area contributed by atoms with E-state index in [0.717, 1.165) is 11.9 Å². The van der Waals surface area contributed by atoms with Crippen LogP contribution in [0.15, 0.2) is 30.5 Å². The van der Waals surface area contributed by atoms with E-state index >= 15 is 0 Å². The molecule has 1 aliphatic rings. The number of methoxy groups -OCH3 is 1. The van der Waals surface area contributed by atoms with E-state index in [1.54, 1.807) is 32.2 Å². The number of ether oxygens (including phenoxy) is 1. The van der Waals surface area contributed by atoms with E-state index in [0.29, 0.717) is 11.3 Å². The maximum Gasteiger partial charge on any atom is 0.241 e. The molecule has 1 aromatic rings. The fourth-order valence-corrected chi connectivity index (χ4v) is 2.29. The molecular formula is C13H14N2O4. The fraction of sp³-hybridized carbons (Fsp3) is 0.308. The molecule has 0 radical (unpaired) electrons. The predicted octanol–water partition coefficient (Wildman–Crippen LogP) is 1.72. The Labute approximate surface area is 110 Å². The van der Waals surface area contributed by atoms with Gasteiger partial charge in [0.25, 0.3) is 0 Å². The van der Waals surface area contributed by atoms with Crippen molar-refractivity contribution in [2.45, 2.75) is 12.3 Å². The Morgan fingerprint density at radius 1 is 1.47 bits per heavy atom. The van der Waals surface area contributed by atoms with Gasteiger partial charge in [-0.1, -0.05) is 0 Å². The second-order valence-corrected chi connectivity index (χ2v) is 4.55. The van der Waals surface area contributed by atoms with Crippen molar-refractivity contribution in [1.82, 2.24) is 0 Å². The van der Waals surface area contributed by atoms with E-state index in [9.17, 15) is 14.9 Å². The Morgan fingerprint density at radius 3 is 2.74 bits per heavy atom.